The number of amides is 1. The normalized spacial score (nSPS) is 11.0. The summed E-state index contributed by atoms with van der Waals surface area (Å²) in [4.78, 5) is 18.4. The topological polar surface area (TPSA) is 55.6 Å². The lowest BCUT2D eigenvalue weighted by molar-refractivity contribution is 0.102. The number of nitrogens with one attached hydrogen (secondary N) is 1. The van der Waals surface area contributed by atoms with Gasteiger partial charge >= 0.3 is 0 Å². The molecule has 4 aromatic rings. The first-order valence-electron chi connectivity index (χ1n) is 8.35. The van der Waals surface area contributed by atoms with Gasteiger partial charge in [0, 0.05) is 21.9 Å². The van der Waals surface area contributed by atoms with E-state index in [0.29, 0.717) is 14.3 Å². The number of halogens is 2. The summed E-state index contributed by atoms with van der Waals surface area (Å²) in [5.74, 6) is -0.0798. The number of aromatic nitrogens is 2. The van der Waals surface area contributed by atoms with Gasteiger partial charge in [0.2, 0.25) is 0 Å². The van der Waals surface area contributed by atoms with E-state index in [1.807, 2.05) is 41.8 Å². The summed E-state index contributed by atoms with van der Waals surface area (Å²) in [6.45, 7) is 1.84. The van der Waals surface area contributed by atoms with E-state index in [1.165, 1.54) is 23.5 Å². The summed E-state index contributed by atoms with van der Waals surface area (Å²) in [7, 11) is 1.62. The molecular formula is C20H15BrFN3O2S. The van der Waals surface area contributed by atoms with Crippen molar-refractivity contribution in [1.29, 1.82) is 0 Å². The Kier molecular flexibility index (Phi) is 4.91. The number of nitrogens with zero attached hydrogens (tertiary/aromatic N) is 2. The van der Waals surface area contributed by atoms with Gasteiger partial charge in [-0.3, -0.25) is 9.20 Å². The standard InChI is InChI=1S/C20H15BrFN3O2S/c1-11-18(19(26)23-16-8-5-13(21)9-15(16)22)28-20-24-17(10-25(11)20)12-3-6-14(27-2)7-4-12/h3-10H,1-2H3,(H,23,26). The molecule has 0 spiro atoms. The first-order valence-corrected chi connectivity index (χ1v) is 9.96. The molecule has 28 heavy (non-hydrogen) atoms. The Morgan fingerprint density at radius 2 is 2.00 bits per heavy atom. The van der Waals surface area contributed by atoms with Gasteiger partial charge < -0.3 is 10.1 Å². The number of ether oxygens (including phenoxy) is 1. The van der Waals surface area contributed by atoms with E-state index in [9.17, 15) is 9.18 Å². The highest BCUT2D eigenvalue weighted by atomic mass is 79.9. The predicted octanol–water partition coefficient (Wildman–Crippen LogP) is 5.53. The summed E-state index contributed by atoms with van der Waals surface area (Å²) < 4.78 is 21.7. The van der Waals surface area contributed by atoms with Crippen LogP contribution in [0.1, 0.15) is 15.4 Å². The average molecular weight is 460 g/mol. The highest BCUT2D eigenvalue weighted by Gasteiger charge is 2.19. The van der Waals surface area contributed by atoms with Crippen molar-refractivity contribution >= 4 is 43.8 Å². The lowest BCUT2D eigenvalue weighted by Gasteiger charge is -2.06. The molecule has 0 fully saturated rings. The molecule has 1 N–H and O–H groups in total. The molecular weight excluding hydrogens is 445 g/mol. The number of hydrogen-bond donors (Lipinski definition) is 1. The lowest BCUT2D eigenvalue weighted by atomic mass is 10.2. The molecule has 2 aromatic carbocycles. The molecule has 2 heterocycles. The van der Waals surface area contributed by atoms with Crippen molar-refractivity contribution in [3.8, 4) is 17.0 Å². The van der Waals surface area contributed by atoms with Crippen molar-refractivity contribution in [3.63, 3.8) is 0 Å². The molecule has 0 saturated carbocycles. The van der Waals surface area contributed by atoms with Gasteiger partial charge in [0.1, 0.15) is 16.4 Å². The van der Waals surface area contributed by atoms with Crippen LogP contribution in [0.4, 0.5) is 10.1 Å². The van der Waals surface area contributed by atoms with Gasteiger partial charge in [0.15, 0.2) is 4.96 Å². The Hall–Kier alpha value is -2.71. The number of carbonyl (C=O) groups excluding carboxylic acids is 1. The number of methoxy groups -OCH3 is 1. The zero-order valence-corrected chi connectivity index (χ0v) is 17.4. The number of benzene rings is 2. The van der Waals surface area contributed by atoms with Crippen LogP contribution in [0.2, 0.25) is 0 Å². The van der Waals surface area contributed by atoms with E-state index in [1.54, 1.807) is 13.2 Å². The van der Waals surface area contributed by atoms with Crippen LogP contribution in [0.25, 0.3) is 16.2 Å². The zero-order valence-electron chi connectivity index (χ0n) is 15.0. The van der Waals surface area contributed by atoms with E-state index in [0.717, 1.165) is 22.7 Å². The van der Waals surface area contributed by atoms with Crippen molar-refractivity contribution in [2.45, 2.75) is 6.92 Å². The summed E-state index contributed by atoms with van der Waals surface area (Å²) in [5.41, 5.74) is 2.65. The van der Waals surface area contributed by atoms with Gasteiger partial charge in [0.25, 0.3) is 5.91 Å². The Morgan fingerprint density at radius 1 is 1.25 bits per heavy atom. The van der Waals surface area contributed by atoms with Crippen LogP contribution in [0.15, 0.2) is 53.1 Å². The molecule has 0 saturated heterocycles. The van der Waals surface area contributed by atoms with Gasteiger partial charge in [-0.1, -0.05) is 27.3 Å². The van der Waals surface area contributed by atoms with E-state index in [4.69, 9.17) is 4.74 Å². The monoisotopic (exact) mass is 459 g/mol. The summed E-state index contributed by atoms with van der Waals surface area (Å²) in [6.07, 6.45) is 1.89. The zero-order chi connectivity index (χ0) is 19.8. The molecule has 1 amide bonds. The van der Waals surface area contributed by atoms with Gasteiger partial charge in [-0.05, 0) is 49.4 Å². The molecule has 8 heteroatoms. The molecule has 5 nitrogen and oxygen atoms in total. The summed E-state index contributed by atoms with van der Waals surface area (Å²) in [5, 5.41) is 2.62. The number of aryl methyl sites for hydroxylation is 1. The molecule has 0 bridgehead atoms. The molecule has 4 rings (SSSR count). The van der Waals surface area contributed by atoms with Crippen LogP contribution in [0.3, 0.4) is 0 Å². The maximum Gasteiger partial charge on any atom is 0.267 e. The quantitative estimate of drug-likeness (QED) is 0.436. The minimum atomic E-state index is -0.497. The average Bonchev–Trinajstić information content (AvgIpc) is 3.24. The second-order valence-corrected chi connectivity index (χ2v) is 8.00. The Labute approximate surface area is 172 Å². The number of carbonyl (C=O) groups is 1. The van der Waals surface area contributed by atoms with Crippen LogP contribution in [-0.4, -0.2) is 22.4 Å². The number of rotatable bonds is 4. The second kappa shape index (κ2) is 7.37. The van der Waals surface area contributed by atoms with E-state index in [2.05, 4.69) is 26.2 Å². The van der Waals surface area contributed by atoms with Crippen LogP contribution in [0, 0.1) is 12.7 Å². The van der Waals surface area contributed by atoms with Crippen LogP contribution >= 0.6 is 27.3 Å². The minimum Gasteiger partial charge on any atom is -0.497 e. The fourth-order valence-corrected chi connectivity index (χ4v) is 4.17. The first-order chi connectivity index (χ1) is 13.5. The Morgan fingerprint density at radius 3 is 2.64 bits per heavy atom. The van der Waals surface area contributed by atoms with Crippen LogP contribution in [0.5, 0.6) is 5.75 Å². The first kappa shape index (κ1) is 18.6. The van der Waals surface area contributed by atoms with Gasteiger partial charge in [0.05, 0.1) is 18.5 Å². The van der Waals surface area contributed by atoms with Gasteiger partial charge in [-0.15, -0.1) is 0 Å². The van der Waals surface area contributed by atoms with Crippen molar-refractivity contribution in [2.24, 2.45) is 0 Å². The summed E-state index contributed by atoms with van der Waals surface area (Å²) >= 11 is 4.47. The molecule has 0 radical (unpaired) electrons. The van der Waals surface area contributed by atoms with E-state index >= 15 is 0 Å². The highest BCUT2D eigenvalue weighted by Crippen LogP contribution is 2.29. The smallest absolute Gasteiger partial charge is 0.267 e. The third-order valence-corrected chi connectivity index (χ3v) is 5.98. The number of thiazole rings is 1. The molecule has 0 unspecified atom stereocenters. The molecule has 2 aromatic heterocycles. The molecule has 0 aliphatic carbocycles. The highest BCUT2D eigenvalue weighted by molar-refractivity contribution is 9.10. The largest absolute Gasteiger partial charge is 0.497 e. The fourth-order valence-electron chi connectivity index (χ4n) is 2.83. The molecule has 0 aliphatic heterocycles. The van der Waals surface area contributed by atoms with E-state index < -0.39 is 5.82 Å². The van der Waals surface area contributed by atoms with Crippen molar-refractivity contribution in [3.05, 3.63) is 69.5 Å². The summed E-state index contributed by atoms with van der Waals surface area (Å²) in [6, 6.07) is 12.1. The SMILES string of the molecule is COc1ccc(-c2cn3c(C)c(C(=O)Nc4ccc(Br)cc4F)sc3n2)cc1. The minimum absolute atomic E-state index is 0.137. The molecule has 142 valence electrons. The number of fused-ring (bicyclic) bond motifs is 1. The number of anilines is 1. The van der Waals surface area contributed by atoms with Crippen molar-refractivity contribution in [2.75, 3.05) is 12.4 Å². The second-order valence-electron chi connectivity index (χ2n) is 6.10. The third-order valence-electron chi connectivity index (χ3n) is 4.33. The molecule has 0 aliphatic rings. The maximum absolute atomic E-state index is 14.0. The Bertz CT molecular complexity index is 1180. The molecule has 0 atom stereocenters. The number of imidazole rings is 1. The van der Waals surface area contributed by atoms with Crippen molar-refractivity contribution in [1.82, 2.24) is 9.38 Å². The Balaban J connectivity index is 1.62. The van der Waals surface area contributed by atoms with Crippen LogP contribution < -0.4 is 10.1 Å². The predicted molar refractivity (Wildman–Crippen MR) is 112 cm³/mol. The third kappa shape index (κ3) is 3.41. The van der Waals surface area contributed by atoms with Gasteiger partial charge in [-0.2, -0.15) is 0 Å². The number of hydrogen-bond acceptors (Lipinski definition) is 4. The lowest BCUT2D eigenvalue weighted by Crippen LogP contribution is -2.13. The van der Waals surface area contributed by atoms with E-state index in [-0.39, 0.29) is 11.6 Å². The fraction of sp³-hybridized carbons (Fsp3) is 0.100. The van der Waals surface area contributed by atoms with Crippen LogP contribution in [-0.2, 0) is 0 Å². The maximum atomic E-state index is 14.0. The van der Waals surface area contributed by atoms with Gasteiger partial charge in [-0.25, -0.2) is 9.37 Å². The van der Waals surface area contributed by atoms with Crippen molar-refractivity contribution < 1.29 is 13.9 Å².